The fourth-order valence-corrected chi connectivity index (χ4v) is 2.02. The van der Waals surface area contributed by atoms with Crippen LogP contribution in [0.2, 0.25) is 5.02 Å². The van der Waals surface area contributed by atoms with E-state index < -0.39 is 16.7 Å². The number of halogens is 1. The van der Waals surface area contributed by atoms with Crippen LogP contribution in [0.5, 0.6) is 0 Å². The van der Waals surface area contributed by atoms with E-state index in [1.165, 1.54) is 30.5 Å². The van der Waals surface area contributed by atoms with Crippen LogP contribution < -0.4 is 10.7 Å². The van der Waals surface area contributed by atoms with Crippen LogP contribution in [-0.4, -0.2) is 29.5 Å². The Morgan fingerprint density at radius 1 is 1.20 bits per heavy atom. The van der Waals surface area contributed by atoms with Crippen molar-refractivity contribution in [2.45, 2.75) is 0 Å². The van der Waals surface area contributed by atoms with Gasteiger partial charge in [0, 0.05) is 28.3 Å². The molecule has 0 unspecified atom stereocenters. The van der Waals surface area contributed by atoms with Gasteiger partial charge in [-0.2, -0.15) is 5.10 Å². The van der Waals surface area contributed by atoms with Gasteiger partial charge in [-0.05, 0) is 18.2 Å². The molecule has 8 nitrogen and oxygen atoms in total. The Bertz CT molecular complexity index is 838. The van der Waals surface area contributed by atoms with Crippen molar-refractivity contribution in [3.05, 3.63) is 74.8 Å². The molecule has 2 aromatic carbocycles. The third-order valence-electron chi connectivity index (χ3n) is 2.98. The van der Waals surface area contributed by atoms with Crippen LogP contribution in [0, 0.1) is 10.1 Å². The van der Waals surface area contributed by atoms with E-state index in [9.17, 15) is 19.7 Å². The number of amides is 2. The number of hydrogen-bond donors (Lipinski definition) is 2. The van der Waals surface area contributed by atoms with Gasteiger partial charge in [0.25, 0.3) is 17.5 Å². The van der Waals surface area contributed by atoms with Gasteiger partial charge in [0.2, 0.25) is 0 Å². The Hall–Kier alpha value is -3.26. The number of hydrazone groups is 1. The molecule has 0 atom stereocenters. The van der Waals surface area contributed by atoms with Crippen molar-refractivity contribution in [1.82, 2.24) is 10.7 Å². The van der Waals surface area contributed by atoms with Crippen LogP contribution in [0.1, 0.15) is 15.9 Å². The highest BCUT2D eigenvalue weighted by atomic mass is 35.5. The second-order valence-electron chi connectivity index (χ2n) is 4.84. The molecule has 25 heavy (non-hydrogen) atoms. The number of non-ortho nitro benzene ring substituents is 1. The lowest BCUT2D eigenvalue weighted by Gasteiger charge is -2.04. The first-order valence-corrected chi connectivity index (χ1v) is 7.43. The van der Waals surface area contributed by atoms with E-state index in [1.807, 2.05) is 0 Å². The topological polar surface area (TPSA) is 114 Å². The minimum atomic E-state index is -0.544. The van der Waals surface area contributed by atoms with E-state index >= 15 is 0 Å². The maximum atomic E-state index is 11.8. The van der Waals surface area contributed by atoms with Gasteiger partial charge in [-0.1, -0.05) is 29.8 Å². The zero-order valence-electron chi connectivity index (χ0n) is 12.8. The normalized spacial score (nSPS) is 10.4. The van der Waals surface area contributed by atoms with Gasteiger partial charge in [0.15, 0.2) is 0 Å². The molecule has 0 bridgehead atoms. The number of nitrogens with one attached hydrogen (secondary N) is 2. The molecule has 0 aliphatic rings. The summed E-state index contributed by atoms with van der Waals surface area (Å²) in [4.78, 5) is 33.6. The summed E-state index contributed by atoms with van der Waals surface area (Å²) in [7, 11) is 0. The SMILES string of the molecule is O=C(CNC(=O)c1cccc(Cl)c1)N/N=C\c1cccc([N+](=O)[O-])c1. The number of benzene rings is 2. The first kappa shape index (κ1) is 18.1. The summed E-state index contributed by atoms with van der Waals surface area (Å²) in [6.07, 6.45) is 1.27. The minimum absolute atomic E-state index is 0.0796. The van der Waals surface area contributed by atoms with E-state index in [1.54, 1.807) is 24.3 Å². The largest absolute Gasteiger partial charge is 0.343 e. The molecule has 2 aromatic rings. The number of hydrogen-bond acceptors (Lipinski definition) is 5. The Labute approximate surface area is 147 Å². The molecule has 2 N–H and O–H groups in total. The van der Waals surface area contributed by atoms with Gasteiger partial charge < -0.3 is 5.32 Å². The van der Waals surface area contributed by atoms with Crippen LogP contribution in [0.25, 0.3) is 0 Å². The molecule has 0 spiro atoms. The predicted molar refractivity (Wildman–Crippen MR) is 92.6 cm³/mol. The van der Waals surface area contributed by atoms with E-state index in [0.29, 0.717) is 16.1 Å². The average molecular weight is 361 g/mol. The third kappa shape index (κ3) is 5.70. The summed E-state index contributed by atoms with van der Waals surface area (Å²) in [5.74, 6) is -0.989. The summed E-state index contributed by atoms with van der Waals surface area (Å²) in [6.45, 7) is -0.280. The van der Waals surface area contributed by atoms with E-state index in [0.717, 1.165) is 0 Å². The number of carbonyl (C=O) groups excluding carboxylic acids is 2. The number of carbonyl (C=O) groups is 2. The molecular weight excluding hydrogens is 348 g/mol. The lowest BCUT2D eigenvalue weighted by molar-refractivity contribution is -0.384. The zero-order valence-corrected chi connectivity index (χ0v) is 13.6. The summed E-state index contributed by atoms with van der Waals surface area (Å²) >= 11 is 5.79. The average Bonchev–Trinajstić information content (AvgIpc) is 2.60. The van der Waals surface area contributed by atoms with Crippen molar-refractivity contribution in [2.24, 2.45) is 5.10 Å². The summed E-state index contributed by atoms with van der Waals surface area (Å²) in [5.41, 5.74) is 2.93. The third-order valence-corrected chi connectivity index (χ3v) is 3.22. The molecule has 0 aliphatic carbocycles. The maximum absolute atomic E-state index is 11.8. The molecule has 128 valence electrons. The fourth-order valence-electron chi connectivity index (χ4n) is 1.83. The molecule has 9 heteroatoms. The van der Waals surface area contributed by atoms with E-state index in [-0.39, 0.29) is 12.2 Å². The van der Waals surface area contributed by atoms with Gasteiger partial charge in [-0.25, -0.2) is 5.43 Å². The molecule has 0 heterocycles. The lowest BCUT2D eigenvalue weighted by Crippen LogP contribution is -2.34. The van der Waals surface area contributed by atoms with Crippen LogP contribution in [-0.2, 0) is 4.79 Å². The van der Waals surface area contributed by atoms with Crippen molar-refractivity contribution in [2.75, 3.05) is 6.54 Å². The quantitative estimate of drug-likeness (QED) is 0.466. The van der Waals surface area contributed by atoms with Gasteiger partial charge in [0.05, 0.1) is 17.7 Å². The van der Waals surface area contributed by atoms with Crippen molar-refractivity contribution in [3.8, 4) is 0 Å². The Morgan fingerprint density at radius 2 is 1.96 bits per heavy atom. The highest BCUT2D eigenvalue weighted by Crippen LogP contribution is 2.11. The smallest absolute Gasteiger partial charge is 0.270 e. The molecule has 0 aromatic heterocycles. The number of nitro benzene ring substituents is 1. The Morgan fingerprint density at radius 3 is 2.68 bits per heavy atom. The summed E-state index contributed by atoms with van der Waals surface area (Å²) in [6, 6.07) is 12.1. The predicted octanol–water partition coefficient (Wildman–Crippen LogP) is 2.13. The molecule has 0 saturated heterocycles. The molecule has 0 fully saturated rings. The minimum Gasteiger partial charge on any atom is -0.343 e. The van der Waals surface area contributed by atoms with Crippen molar-refractivity contribution in [3.63, 3.8) is 0 Å². The summed E-state index contributed by atoms with van der Waals surface area (Å²) < 4.78 is 0. The van der Waals surface area contributed by atoms with Gasteiger partial charge in [-0.3, -0.25) is 19.7 Å². The van der Waals surface area contributed by atoms with Gasteiger partial charge in [-0.15, -0.1) is 0 Å². The first-order valence-electron chi connectivity index (χ1n) is 7.06. The highest BCUT2D eigenvalue weighted by Gasteiger charge is 2.08. The Balaban J connectivity index is 1.83. The summed E-state index contributed by atoms with van der Waals surface area (Å²) in [5, 5.41) is 17.2. The van der Waals surface area contributed by atoms with Crippen LogP contribution in [0.4, 0.5) is 5.69 Å². The van der Waals surface area contributed by atoms with Crippen molar-refractivity contribution >= 4 is 35.3 Å². The number of nitro groups is 1. The van der Waals surface area contributed by atoms with Crippen molar-refractivity contribution in [1.29, 1.82) is 0 Å². The molecule has 2 amide bonds. The lowest BCUT2D eigenvalue weighted by atomic mass is 10.2. The first-order chi connectivity index (χ1) is 12.0. The van der Waals surface area contributed by atoms with Crippen LogP contribution >= 0.6 is 11.6 Å². The van der Waals surface area contributed by atoms with Crippen LogP contribution in [0.3, 0.4) is 0 Å². The zero-order chi connectivity index (χ0) is 18.2. The van der Waals surface area contributed by atoms with E-state index in [4.69, 9.17) is 11.6 Å². The van der Waals surface area contributed by atoms with Crippen molar-refractivity contribution < 1.29 is 14.5 Å². The molecule has 0 aliphatic heterocycles. The molecule has 2 rings (SSSR count). The number of rotatable bonds is 6. The second kappa shape index (κ2) is 8.55. The monoisotopic (exact) mass is 360 g/mol. The standard InChI is InChI=1S/C16H13ClN4O4/c17-13-5-2-4-12(8-13)16(23)18-10-15(22)20-19-9-11-3-1-6-14(7-11)21(24)25/h1-9H,10H2,(H,18,23)(H,20,22)/b19-9-. The second-order valence-corrected chi connectivity index (χ2v) is 5.27. The molecule has 0 radical (unpaired) electrons. The maximum Gasteiger partial charge on any atom is 0.270 e. The Kier molecular flexibility index (Phi) is 6.19. The fraction of sp³-hybridized carbons (Fsp3) is 0.0625. The van der Waals surface area contributed by atoms with E-state index in [2.05, 4.69) is 15.8 Å². The molecular formula is C16H13ClN4O4. The number of nitrogens with zero attached hydrogens (tertiary/aromatic N) is 2. The van der Waals surface area contributed by atoms with Gasteiger partial charge in [0.1, 0.15) is 0 Å². The van der Waals surface area contributed by atoms with Crippen LogP contribution in [0.15, 0.2) is 53.6 Å². The highest BCUT2D eigenvalue weighted by molar-refractivity contribution is 6.30. The molecule has 0 saturated carbocycles. The van der Waals surface area contributed by atoms with Gasteiger partial charge >= 0.3 is 0 Å².